The van der Waals surface area contributed by atoms with E-state index in [9.17, 15) is 9.59 Å². The topological polar surface area (TPSA) is 52.6 Å². The summed E-state index contributed by atoms with van der Waals surface area (Å²) in [5.41, 5.74) is 0.926. The molecule has 0 N–H and O–H groups in total. The molecule has 0 aromatic heterocycles. The maximum Gasteiger partial charge on any atom is 0.331 e. The lowest BCUT2D eigenvalue weighted by Gasteiger charge is -2.24. The zero-order chi connectivity index (χ0) is 17.8. The Morgan fingerprint density at radius 2 is 1.83 bits per heavy atom. The van der Waals surface area contributed by atoms with E-state index >= 15 is 0 Å². The number of benzene rings is 1. The molecule has 2 atom stereocenters. The molecule has 24 heavy (non-hydrogen) atoms. The lowest BCUT2D eigenvalue weighted by molar-refractivity contribution is -0.159. The molecular formula is C20H28O4. The van der Waals surface area contributed by atoms with Gasteiger partial charge in [0.05, 0.1) is 12.5 Å². The van der Waals surface area contributed by atoms with Crippen LogP contribution < -0.4 is 0 Å². The van der Waals surface area contributed by atoms with Crippen molar-refractivity contribution in [2.24, 2.45) is 5.92 Å². The van der Waals surface area contributed by atoms with Crippen molar-refractivity contribution in [2.75, 3.05) is 6.61 Å². The van der Waals surface area contributed by atoms with Crippen LogP contribution in [0.1, 0.15) is 52.0 Å². The van der Waals surface area contributed by atoms with E-state index < -0.39 is 18.0 Å². The molecule has 0 aliphatic rings. The fraction of sp³-hybridized carbons (Fsp3) is 0.500. The third kappa shape index (κ3) is 6.99. The molecular weight excluding hydrogens is 304 g/mol. The molecule has 0 fully saturated rings. The second-order valence-corrected chi connectivity index (χ2v) is 5.63. The van der Waals surface area contributed by atoms with Crippen LogP contribution in [0.25, 0.3) is 6.08 Å². The molecule has 132 valence electrons. The Labute approximate surface area is 144 Å². The van der Waals surface area contributed by atoms with Gasteiger partial charge in [0.15, 0.2) is 0 Å². The molecule has 0 aliphatic carbocycles. The molecule has 1 rings (SSSR count). The highest BCUT2D eigenvalue weighted by Gasteiger charge is 2.30. The summed E-state index contributed by atoms with van der Waals surface area (Å²) in [7, 11) is 0. The third-order valence-corrected chi connectivity index (χ3v) is 3.79. The van der Waals surface area contributed by atoms with Gasteiger partial charge in [0.1, 0.15) is 6.10 Å². The Hall–Kier alpha value is -2.10. The predicted molar refractivity (Wildman–Crippen MR) is 95.3 cm³/mol. The van der Waals surface area contributed by atoms with Gasteiger partial charge in [0.2, 0.25) is 0 Å². The molecule has 4 heteroatoms. The summed E-state index contributed by atoms with van der Waals surface area (Å²) in [5.74, 6) is -1.11. The zero-order valence-electron chi connectivity index (χ0n) is 14.9. The predicted octanol–water partition coefficient (Wildman–Crippen LogP) is 4.39. The van der Waals surface area contributed by atoms with Crippen LogP contribution in [0.5, 0.6) is 0 Å². The van der Waals surface area contributed by atoms with Crippen molar-refractivity contribution in [3.8, 4) is 0 Å². The Morgan fingerprint density at radius 1 is 1.12 bits per heavy atom. The highest BCUT2D eigenvalue weighted by atomic mass is 16.6. The number of esters is 2. The van der Waals surface area contributed by atoms with Crippen LogP contribution >= 0.6 is 0 Å². The first-order chi connectivity index (χ1) is 11.6. The number of carbonyl (C=O) groups excluding carboxylic acids is 2. The minimum Gasteiger partial charge on any atom is -0.466 e. The quantitative estimate of drug-likeness (QED) is 0.471. The van der Waals surface area contributed by atoms with Crippen molar-refractivity contribution < 1.29 is 19.1 Å². The molecule has 4 nitrogen and oxygen atoms in total. The SMILES string of the molecule is CCCCC(C(=O)OCC)C(CC)OC(=O)C=Cc1ccccc1. The third-order valence-electron chi connectivity index (χ3n) is 3.79. The normalized spacial score (nSPS) is 13.5. The highest BCUT2D eigenvalue weighted by Crippen LogP contribution is 2.21. The smallest absolute Gasteiger partial charge is 0.331 e. The van der Waals surface area contributed by atoms with Gasteiger partial charge >= 0.3 is 11.9 Å². The first-order valence-corrected chi connectivity index (χ1v) is 8.72. The Balaban J connectivity index is 2.71. The van der Waals surface area contributed by atoms with Crippen molar-refractivity contribution in [2.45, 2.75) is 52.6 Å². The maximum absolute atomic E-state index is 12.2. The number of rotatable bonds is 10. The van der Waals surface area contributed by atoms with Gasteiger partial charge in [-0.3, -0.25) is 4.79 Å². The first kappa shape index (κ1) is 19.9. The van der Waals surface area contributed by atoms with Gasteiger partial charge in [0.25, 0.3) is 0 Å². The monoisotopic (exact) mass is 332 g/mol. The highest BCUT2D eigenvalue weighted by molar-refractivity contribution is 5.87. The molecule has 0 radical (unpaired) electrons. The first-order valence-electron chi connectivity index (χ1n) is 8.72. The van der Waals surface area contributed by atoms with E-state index in [1.165, 1.54) is 6.08 Å². The summed E-state index contributed by atoms with van der Waals surface area (Å²) in [6, 6.07) is 9.54. The van der Waals surface area contributed by atoms with Gasteiger partial charge in [-0.2, -0.15) is 0 Å². The number of hydrogen-bond acceptors (Lipinski definition) is 4. The van der Waals surface area contributed by atoms with E-state index in [0.29, 0.717) is 19.4 Å². The lowest BCUT2D eigenvalue weighted by Crippen LogP contribution is -2.33. The van der Waals surface area contributed by atoms with Crippen LogP contribution in [0, 0.1) is 5.92 Å². The van der Waals surface area contributed by atoms with Crippen molar-refractivity contribution in [1.29, 1.82) is 0 Å². The minimum absolute atomic E-state index is 0.280. The summed E-state index contributed by atoms with van der Waals surface area (Å²) in [4.78, 5) is 24.3. The molecule has 1 aromatic rings. The van der Waals surface area contributed by atoms with E-state index in [1.54, 1.807) is 13.0 Å². The van der Waals surface area contributed by atoms with Gasteiger partial charge in [-0.05, 0) is 31.4 Å². The van der Waals surface area contributed by atoms with E-state index in [1.807, 2.05) is 37.3 Å². The molecule has 1 aromatic carbocycles. The summed E-state index contributed by atoms with van der Waals surface area (Å²) in [6.45, 7) is 6.10. The second kappa shape index (κ2) is 11.4. The zero-order valence-corrected chi connectivity index (χ0v) is 14.9. The van der Waals surface area contributed by atoms with Gasteiger partial charge in [-0.1, -0.05) is 57.0 Å². The number of ether oxygens (including phenoxy) is 2. The summed E-state index contributed by atoms with van der Waals surface area (Å²) in [5, 5.41) is 0. The Morgan fingerprint density at radius 3 is 2.42 bits per heavy atom. The summed E-state index contributed by atoms with van der Waals surface area (Å²) >= 11 is 0. The fourth-order valence-corrected chi connectivity index (χ4v) is 2.50. The number of unbranched alkanes of at least 4 members (excludes halogenated alkanes) is 1. The number of carbonyl (C=O) groups is 2. The van der Waals surface area contributed by atoms with Crippen LogP contribution in [-0.2, 0) is 19.1 Å². The van der Waals surface area contributed by atoms with E-state index in [0.717, 1.165) is 18.4 Å². The van der Waals surface area contributed by atoms with Crippen molar-refractivity contribution >= 4 is 18.0 Å². The molecule has 0 spiro atoms. The van der Waals surface area contributed by atoms with Crippen LogP contribution in [0.15, 0.2) is 36.4 Å². The van der Waals surface area contributed by atoms with Crippen molar-refractivity contribution in [3.05, 3.63) is 42.0 Å². The van der Waals surface area contributed by atoms with Crippen LogP contribution in [-0.4, -0.2) is 24.6 Å². The summed E-state index contributed by atoms with van der Waals surface area (Å²) < 4.78 is 10.7. The number of hydrogen-bond donors (Lipinski definition) is 0. The fourth-order valence-electron chi connectivity index (χ4n) is 2.50. The van der Waals surface area contributed by atoms with Gasteiger partial charge in [-0.25, -0.2) is 4.79 Å². The Kier molecular flexibility index (Phi) is 9.51. The second-order valence-electron chi connectivity index (χ2n) is 5.63. The molecule has 0 heterocycles. The molecule has 0 amide bonds. The van der Waals surface area contributed by atoms with Crippen LogP contribution in [0.2, 0.25) is 0 Å². The van der Waals surface area contributed by atoms with Gasteiger partial charge in [0, 0.05) is 6.08 Å². The van der Waals surface area contributed by atoms with Gasteiger partial charge in [-0.15, -0.1) is 0 Å². The van der Waals surface area contributed by atoms with Crippen molar-refractivity contribution in [3.63, 3.8) is 0 Å². The van der Waals surface area contributed by atoms with Crippen LogP contribution in [0.4, 0.5) is 0 Å². The van der Waals surface area contributed by atoms with Crippen molar-refractivity contribution in [1.82, 2.24) is 0 Å². The molecule has 0 saturated carbocycles. The van der Waals surface area contributed by atoms with Gasteiger partial charge < -0.3 is 9.47 Å². The van der Waals surface area contributed by atoms with E-state index in [4.69, 9.17) is 9.47 Å². The Bertz CT molecular complexity index is 522. The maximum atomic E-state index is 12.2. The molecule has 0 saturated heterocycles. The average Bonchev–Trinajstić information content (AvgIpc) is 2.60. The lowest BCUT2D eigenvalue weighted by atomic mass is 9.94. The van der Waals surface area contributed by atoms with E-state index in [-0.39, 0.29) is 5.97 Å². The average molecular weight is 332 g/mol. The largest absolute Gasteiger partial charge is 0.466 e. The summed E-state index contributed by atoms with van der Waals surface area (Å²) in [6.07, 6.45) is 5.79. The van der Waals surface area contributed by atoms with Crippen LogP contribution in [0.3, 0.4) is 0 Å². The van der Waals surface area contributed by atoms with E-state index in [2.05, 4.69) is 6.92 Å². The minimum atomic E-state index is -0.455. The standard InChI is InChI=1S/C20H28O4/c1-4-7-13-17(20(22)23-6-3)18(5-2)24-19(21)15-14-16-11-9-8-10-12-16/h8-12,14-15,17-18H,4-7,13H2,1-3H3. The molecule has 0 bridgehead atoms. The molecule has 0 aliphatic heterocycles. The molecule has 2 unspecified atom stereocenters.